The van der Waals surface area contributed by atoms with E-state index in [1.54, 1.807) is 10.8 Å². The first-order valence-corrected chi connectivity index (χ1v) is 16.6. The van der Waals surface area contributed by atoms with Crippen molar-refractivity contribution in [3.63, 3.8) is 0 Å². The summed E-state index contributed by atoms with van der Waals surface area (Å²) in [5.74, 6) is 0.292. The first kappa shape index (κ1) is 29.0. The fourth-order valence-electron chi connectivity index (χ4n) is 7.20. The Bertz CT molecular complexity index is 1650. The van der Waals surface area contributed by atoms with Gasteiger partial charge in [-0.3, -0.25) is 14.1 Å². The van der Waals surface area contributed by atoms with Crippen LogP contribution in [0.4, 0.5) is 16.0 Å². The molecule has 2 aromatic heterocycles. The van der Waals surface area contributed by atoms with Gasteiger partial charge in [0.25, 0.3) is 5.56 Å². The van der Waals surface area contributed by atoms with E-state index in [1.165, 1.54) is 18.2 Å². The van der Waals surface area contributed by atoms with Gasteiger partial charge in [0.1, 0.15) is 17.0 Å². The SMILES string of the molecule is CC(C)n1c(=O)c(-c2ccc(NS(=O)(=O)C3C[C@H]4CCC3C4)c(F)c2)nc2cnc(NC3CCC(N(C)C)CC3)nc21. The Balaban J connectivity index is 1.26. The second kappa shape index (κ2) is 11.2. The summed E-state index contributed by atoms with van der Waals surface area (Å²) >= 11 is 0. The van der Waals surface area contributed by atoms with Gasteiger partial charge in [0.2, 0.25) is 16.0 Å². The van der Waals surface area contributed by atoms with Crippen molar-refractivity contribution in [3.8, 4) is 11.3 Å². The van der Waals surface area contributed by atoms with E-state index in [4.69, 9.17) is 0 Å². The zero-order valence-electron chi connectivity index (χ0n) is 24.7. The number of aromatic nitrogens is 4. The van der Waals surface area contributed by atoms with Gasteiger partial charge in [0, 0.05) is 23.7 Å². The van der Waals surface area contributed by atoms with E-state index in [1.807, 2.05) is 13.8 Å². The lowest BCUT2D eigenvalue weighted by Crippen LogP contribution is -2.36. The van der Waals surface area contributed by atoms with Crippen LogP contribution in [0.3, 0.4) is 0 Å². The van der Waals surface area contributed by atoms with Crippen LogP contribution in [0, 0.1) is 17.7 Å². The molecule has 3 saturated carbocycles. The standard InChI is InChI=1S/C30H40FN7O3S/c1-17(2)38-28-25(16-32-30(35-28)33-21-8-10-22(11-9-21)37(3)4)34-27(29(38)39)20-7-12-24(23(31)15-20)36-42(40,41)26-14-18-5-6-19(26)13-18/h7,12,15-19,21-22,26,36H,5-6,8-11,13-14H2,1-4H3,(H,32,33,35)/t18-,19?,21?,22?,26?/m0/s1. The summed E-state index contributed by atoms with van der Waals surface area (Å²) in [6.45, 7) is 3.77. The van der Waals surface area contributed by atoms with Gasteiger partial charge in [0.15, 0.2) is 5.65 Å². The minimum absolute atomic E-state index is 0.0592. The first-order valence-electron chi connectivity index (χ1n) is 15.0. The van der Waals surface area contributed by atoms with Crippen LogP contribution in [-0.2, 0) is 10.0 Å². The number of nitrogens with one attached hydrogen (secondary N) is 2. The van der Waals surface area contributed by atoms with Crippen LogP contribution in [0.2, 0.25) is 0 Å². The molecule has 0 aliphatic heterocycles. The number of nitrogens with zero attached hydrogens (tertiary/aromatic N) is 5. The van der Waals surface area contributed by atoms with E-state index < -0.39 is 26.6 Å². The predicted octanol–water partition coefficient (Wildman–Crippen LogP) is 4.79. The molecular formula is C30H40FN7O3S. The molecule has 6 rings (SSSR count). The average Bonchev–Trinajstić information content (AvgIpc) is 3.59. The lowest BCUT2D eigenvalue weighted by Gasteiger charge is -2.32. The van der Waals surface area contributed by atoms with Crippen LogP contribution in [0.25, 0.3) is 22.4 Å². The van der Waals surface area contributed by atoms with Crippen LogP contribution in [0.15, 0.2) is 29.2 Å². The van der Waals surface area contributed by atoms with E-state index in [2.05, 4.69) is 44.0 Å². The highest BCUT2D eigenvalue weighted by Gasteiger charge is 2.46. The summed E-state index contributed by atoms with van der Waals surface area (Å²) in [6.07, 6.45) is 9.35. The van der Waals surface area contributed by atoms with Crippen molar-refractivity contribution in [2.45, 2.75) is 88.6 Å². The second-order valence-corrected chi connectivity index (χ2v) is 14.7. The maximum Gasteiger partial charge on any atom is 0.278 e. The molecule has 0 amide bonds. The van der Waals surface area contributed by atoms with Gasteiger partial charge in [-0.1, -0.05) is 12.5 Å². The third kappa shape index (κ3) is 5.50. The maximum atomic E-state index is 15.3. The average molecular weight is 598 g/mol. The number of halogens is 1. The van der Waals surface area contributed by atoms with Gasteiger partial charge < -0.3 is 10.2 Å². The molecular weight excluding hydrogens is 557 g/mol. The Labute approximate surface area is 246 Å². The van der Waals surface area contributed by atoms with Crippen molar-refractivity contribution in [3.05, 3.63) is 40.6 Å². The van der Waals surface area contributed by atoms with E-state index in [-0.39, 0.29) is 34.9 Å². The van der Waals surface area contributed by atoms with Crippen LogP contribution < -0.4 is 15.6 Å². The fraction of sp³-hybridized carbons (Fsp3) is 0.600. The van der Waals surface area contributed by atoms with Crippen molar-refractivity contribution in [2.75, 3.05) is 24.1 Å². The smallest absolute Gasteiger partial charge is 0.278 e. The molecule has 2 heterocycles. The molecule has 10 nitrogen and oxygen atoms in total. The third-order valence-corrected chi connectivity index (χ3v) is 11.4. The summed E-state index contributed by atoms with van der Waals surface area (Å²) in [6, 6.07) is 4.67. The highest BCUT2D eigenvalue weighted by Crippen LogP contribution is 2.47. The molecule has 0 radical (unpaired) electrons. The number of hydrogen-bond donors (Lipinski definition) is 2. The van der Waals surface area contributed by atoms with Crippen molar-refractivity contribution < 1.29 is 12.8 Å². The van der Waals surface area contributed by atoms with Crippen molar-refractivity contribution in [1.29, 1.82) is 0 Å². The zero-order valence-corrected chi connectivity index (χ0v) is 25.5. The summed E-state index contributed by atoms with van der Waals surface area (Å²) in [7, 11) is 0.508. The molecule has 0 saturated heterocycles. The van der Waals surface area contributed by atoms with Crippen molar-refractivity contribution in [1.82, 2.24) is 24.4 Å². The van der Waals surface area contributed by atoms with Crippen LogP contribution in [-0.4, -0.2) is 64.3 Å². The van der Waals surface area contributed by atoms with Crippen LogP contribution in [0.1, 0.15) is 71.3 Å². The molecule has 3 fully saturated rings. The molecule has 42 heavy (non-hydrogen) atoms. The van der Waals surface area contributed by atoms with Crippen LogP contribution in [0.5, 0.6) is 0 Å². The molecule has 2 unspecified atom stereocenters. The van der Waals surface area contributed by atoms with Crippen LogP contribution >= 0.6 is 0 Å². The zero-order chi connectivity index (χ0) is 29.8. The Morgan fingerprint density at radius 3 is 2.43 bits per heavy atom. The lowest BCUT2D eigenvalue weighted by molar-refractivity contribution is 0.221. The maximum absolute atomic E-state index is 15.3. The normalized spacial score (nSPS) is 25.9. The van der Waals surface area contributed by atoms with E-state index in [0.717, 1.165) is 44.9 Å². The molecule has 2 bridgehead atoms. The molecule has 3 aliphatic carbocycles. The monoisotopic (exact) mass is 597 g/mol. The molecule has 0 spiro atoms. The number of hydrogen-bond acceptors (Lipinski definition) is 8. The molecule has 2 N–H and O–H groups in total. The Morgan fingerprint density at radius 2 is 1.81 bits per heavy atom. The summed E-state index contributed by atoms with van der Waals surface area (Å²) in [5.41, 5.74) is 0.629. The van der Waals surface area contributed by atoms with Crippen molar-refractivity contribution in [2.24, 2.45) is 11.8 Å². The highest BCUT2D eigenvalue weighted by molar-refractivity contribution is 7.93. The summed E-state index contributed by atoms with van der Waals surface area (Å²) in [4.78, 5) is 29.7. The van der Waals surface area contributed by atoms with Gasteiger partial charge in [-0.2, -0.15) is 4.98 Å². The quantitative estimate of drug-likeness (QED) is 0.380. The van der Waals surface area contributed by atoms with E-state index in [9.17, 15) is 13.2 Å². The number of fused-ring (bicyclic) bond motifs is 3. The third-order valence-electron chi connectivity index (χ3n) is 9.47. The topological polar surface area (TPSA) is 122 Å². The van der Waals surface area contributed by atoms with Gasteiger partial charge in [-0.05, 0) is 96.9 Å². The minimum atomic E-state index is -3.72. The van der Waals surface area contributed by atoms with Gasteiger partial charge in [-0.15, -0.1) is 0 Å². The lowest BCUT2D eigenvalue weighted by atomic mass is 9.91. The molecule has 3 aromatic rings. The van der Waals surface area contributed by atoms with Gasteiger partial charge in [0.05, 0.1) is 17.1 Å². The first-order chi connectivity index (χ1) is 20.0. The summed E-state index contributed by atoms with van der Waals surface area (Å²) in [5, 5.41) is 2.95. The van der Waals surface area contributed by atoms with Gasteiger partial charge in [-0.25, -0.2) is 22.8 Å². The largest absolute Gasteiger partial charge is 0.351 e. The Morgan fingerprint density at radius 1 is 1.05 bits per heavy atom. The Hall–Kier alpha value is -3.12. The van der Waals surface area contributed by atoms with Crippen molar-refractivity contribution >= 4 is 32.8 Å². The molecule has 1 aromatic carbocycles. The number of sulfonamides is 1. The summed E-state index contributed by atoms with van der Waals surface area (Å²) < 4.78 is 45.4. The second-order valence-electron chi connectivity index (χ2n) is 12.8. The molecule has 226 valence electrons. The molecule has 3 atom stereocenters. The predicted molar refractivity (Wildman–Crippen MR) is 163 cm³/mol. The van der Waals surface area contributed by atoms with E-state index in [0.29, 0.717) is 35.5 Å². The van der Waals surface area contributed by atoms with Gasteiger partial charge >= 0.3 is 0 Å². The number of rotatable bonds is 8. The molecule has 12 heteroatoms. The van der Waals surface area contributed by atoms with E-state index >= 15 is 4.39 Å². The number of anilines is 2. The fourth-order valence-corrected chi connectivity index (χ4v) is 9.10. The highest BCUT2D eigenvalue weighted by atomic mass is 32.2. The molecule has 3 aliphatic rings. The number of benzene rings is 1. The Kier molecular flexibility index (Phi) is 7.71. The minimum Gasteiger partial charge on any atom is -0.351 e.